The minimum atomic E-state index is -0.423. The van der Waals surface area contributed by atoms with E-state index in [1.165, 1.54) is 0 Å². The fourth-order valence-electron chi connectivity index (χ4n) is 2.51. The van der Waals surface area contributed by atoms with Gasteiger partial charge in [0.05, 0.1) is 6.04 Å². The number of fused-ring (bicyclic) bond motifs is 4. The van der Waals surface area contributed by atoms with E-state index in [2.05, 4.69) is 39.6 Å². The first kappa shape index (κ1) is 11.3. The van der Waals surface area contributed by atoms with Crippen molar-refractivity contribution in [2.45, 2.75) is 25.6 Å². The SMILES string of the molecule is C[C@H]1[C@H]2NC(=S)N[C@@]1(C)Oc1ccc(Br)cc12. The summed E-state index contributed by atoms with van der Waals surface area (Å²) >= 11 is 8.73. The van der Waals surface area contributed by atoms with Crippen molar-refractivity contribution in [2.75, 3.05) is 0 Å². The van der Waals surface area contributed by atoms with Gasteiger partial charge in [0.2, 0.25) is 0 Å². The van der Waals surface area contributed by atoms with Gasteiger partial charge < -0.3 is 15.4 Å². The molecule has 2 aliphatic rings. The van der Waals surface area contributed by atoms with Gasteiger partial charge in [-0.25, -0.2) is 0 Å². The molecule has 17 heavy (non-hydrogen) atoms. The van der Waals surface area contributed by atoms with Gasteiger partial charge in [0.1, 0.15) is 5.75 Å². The number of thiocarbonyl (C=S) groups is 1. The molecule has 0 radical (unpaired) electrons. The summed E-state index contributed by atoms with van der Waals surface area (Å²) in [5, 5.41) is 7.20. The molecule has 5 heteroatoms. The van der Waals surface area contributed by atoms with Crippen LogP contribution in [0, 0.1) is 5.92 Å². The van der Waals surface area contributed by atoms with E-state index in [9.17, 15) is 0 Å². The predicted molar refractivity (Wildman–Crippen MR) is 73.9 cm³/mol. The summed E-state index contributed by atoms with van der Waals surface area (Å²) in [7, 11) is 0. The second-order valence-corrected chi connectivity index (χ2v) is 6.08. The van der Waals surface area contributed by atoms with E-state index in [-0.39, 0.29) is 6.04 Å². The third kappa shape index (κ3) is 1.64. The highest BCUT2D eigenvalue weighted by Crippen LogP contribution is 2.45. The van der Waals surface area contributed by atoms with Crippen molar-refractivity contribution < 1.29 is 4.74 Å². The van der Waals surface area contributed by atoms with E-state index in [0.717, 1.165) is 15.8 Å². The quantitative estimate of drug-likeness (QED) is 0.722. The molecule has 2 aliphatic heterocycles. The molecule has 1 aromatic carbocycles. The van der Waals surface area contributed by atoms with Gasteiger partial charge in [-0.2, -0.15) is 0 Å². The molecule has 0 saturated carbocycles. The third-order valence-electron chi connectivity index (χ3n) is 3.65. The average molecular weight is 313 g/mol. The molecule has 0 aliphatic carbocycles. The van der Waals surface area contributed by atoms with Crippen molar-refractivity contribution in [3.8, 4) is 5.75 Å². The molecule has 0 spiro atoms. The number of halogens is 1. The summed E-state index contributed by atoms with van der Waals surface area (Å²) in [6, 6.07) is 6.28. The summed E-state index contributed by atoms with van der Waals surface area (Å²) < 4.78 is 7.13. The molecule has 3 nitrogen and oxygen atoms in total. The van der Waals surface area contributed by atoms with Crippen molar-refractivity contribution in [1.82, 2.24) is 10.6 Å². The smallest absolute Gasteiger partial charge is 0.184 e. The number of rotatable bonds is 0. The highest BCUT2D eigenvalue weighted by Gasteiger charge is 2.48. The number of benzene rings is 1. The Morgan fingerprint density at radius 1 is 1.47 bits per heavy atom. The third-order valence-corrected chi connectivity index (χ3v) is 4.36. The fraction of sp³-hybridized carbons (Fsp3) is 0.417. The molecule has 90 valence electrons. The van der Waals surface area contributed by atoms with Crippen molar-refractivity contribution in [1.29, 1.82) is 0 Å². The average Bonchev–Trinajstić information content (AvgIpc) is 2.24. The highest BCUT2D eigenvalue weighted by molar-refractivity contribution is 9.10. The van der Waals surface area contributed by atoms with Crippen molar-refractivity contribution in [2.24, 2.45) is 5.92 Å². The zero-order chi connectivity index (χ0) is 12.2. The second-order valence-electron chi connectivity index (χ2n) is 4.76. The largest absolute Gasteiger partial charge is 0.468 e. The van der Waals surface area contributed by atoms with Crippen LogP contribution in [-0.4, -0.2) is 10.8 Å². The van der Waals surface area contributed by atoms with E-state index in [0.29, 0.717) is 11.0 Å². The first-order valence-corrected chi connectivity index (χ1v) is 6.77. The molecule has 3 atom stereocenters. The molecule has 2 N–H and O–H groups in total. The number of nitrogens with one attached hydrogen (secondary N) is 2. The van der Waals surface area contributed by atoms with Crippen LogP contribution in [0.1, 0.15) is 25.5 Å². The van der Waals surface area contributed by atoms with Gasteiger partial charge in [-0.3, -0.25) is 0 Å². The Bertz CT molecular complexity index is 507. The molecule has 1 saturated heterocycles. The van der Waals surface area contributed by atoms with Gasteiger partial charge >= 0.3 is 0 Å². The first-order chi connectivity index (χ1) is 7.99. The maximum absolute atomic E-state index is 6.07. The van der Waals surface area contributed by atoms with E-state index in [1.807, 2.05) is 19.1 Å². The first-order valence-electron chi connectivity index (χ1n) is 5.57. The van der Waals surface area contributed by atoms with Crippen LogP contribution in [0.3, 0.4) is 0 Å². The zero-order valence-corrected chi connectivity index (χ0v) is 12.0. The van der Waals surface area contributed by atoms with E-state index in [4.69, 9.17) is 17.0 Å². The summed E-state index contributed by atoms with van der Waals surface area (Å²) in [4.78, 5) is 0. The molecule has 0 unspecified atom stereocenters. The van der Waals surface area contributed by atoms with Crippen LogP contribution in [-0.2, 0) is 0 Å². The van der Waals surface area contributed by atoms with E-state index >= 15 is 0 Å². The fourth-order valence-corrected chi connectivity index (χ4v) is 3.22. The number of hydrogen-bond acceptors (Lipinski definition) is 2. The van der Waals surface area contributed by atoms with Crippen LogP contribution < -0.4 is 15.4 Å². The van der Waals surface area contributed by atoms with Crippen LogP contribution >= 0.6 is 28.1 Å². The summed E-state index contributed by atoms with van der Waals surface area (Å²) in [6.45, 7) is 4.21. The van der Waals surface area contributed by atoms with Gasteiger partial charge in [-0.15, -0.1) is 0 Å². The van der Waals surface area contributed by atoms with Gasteiger partial charge in [-0.1, -0.05) is 22.9 Å². The van der Waals surface area contributed by atoms with Crippen molar-refractivity contribution in [3.63, 3.8) is 0 Å². The number of hydrogen-bond donors (Lipinski definition) is 2. The predicted octanol–water partition coefficient (Wildman–Crippen LogP) is 2.71. The zero-order valence-electron chi connectivity index (χ0n) is 9.58. The van der Waals surface area contributed by atoms with Gasteiger partial charge in [0, 0.05) is 16.0 Å². The maximum atomic E-state index is 6.07. The van der Waals surface area contributed by atoms with Gasteiger partial charge in [-0.05, 0) is 37.3 Å². The monoisotopic (exact) mass is 312 g/mol. The lowest BCUT2D eigenvalue weighted by atomic mass is 9.82. The molecule has 1 aromatic rings. The lowest BCUT2D eigenvalue weighted by Crippen LogP contribution is -2.67. The van der Waals surface area contributed by atoms with E-state index < -0.39 is 5.72 Å². The Labute approximate surface area is 114 Å². The normalized spacial score (nSPS) is 34.2. The minimum Gasteiger partial charge on any atom is -0.468 e. The summed E-state index contributed by atoms with van der Waals surface area (Å²) in [5.74, 6) is 1.22. The lowest BCUT2D eigenvalue weighted by molar-refractivity contribution is -0.0263. The Kier molecular flexibility index (Phi) is 2.38. The van der Waals surface area contributed by atoms with E-state index in [1.54, 1.807) is 0 Å². The maximum Gasteiger partial charge on any atom is 0.184 e. The number of ether oxygens (including phenoxy) is 1. The van der Waals surface area contributed by atoms with Gasteiger partial charge in [0.25, 0.3) is 0 Å². The Morgan fingerprint density at radius 3 is 3.00 bits per heavy atom. The molecule has 0 aromatic heterocycles. The summed E-state index contributed by atoms with van der Waals surface area (Å²) in [5.41, 5.74) is 0.738. The highest BCUT2D eigenvalue weighted by atomic mass is 79.9. The topological polar surface area (TPSA) is 33.3 Å². The van der Waals surface area contributed by atoms with Crippen molar-refractivity contribution >= 4 is 33.3 Å². The molecule has 2 bridgehead atoms. The second kappa shape index (κ2) is 3.59. The van der Waals surface area contributed by atoms with Crippen molar-refractivity contribution in [3.05, 3.63) is 28.2 Å². The summed E-state index contributed by atoms with van der Waals surface area (Å²) in [6.07, 6.45) is 0. The van der Waals surface area contributed by atoms with Crippen LogP contribution in [0.15, 0.2) is 22.7 Å². The molecule has 1 fully saturated rings. The standard InChI is InChI=1S/C12H13BrN2OS/c1-6-10-8-5-7(13)3-4-9(8)16-12(6,2)15-11(17)14-10/h3-6,10H,1-2H3,(H2,14,15,17)/t6-,10+,12-/m0/s1. The Hall–Kier alpha value is -0.810. The molecule has 3 rings (SSSR count). The van der Waals surface area contributed by atoms with Crippen LogP contribution in [0.5, 0.6) is 5.75 Å². The molecular formula is C12H13BrN2OS. The van der Waals surface area contributed by atoms with Gasteiger partial charge in [0.15, 0.2) is 10.8 Å². The molecular weight excluding hydrogens is 300 g/mol. The van der Waals surface area contributed by atoms with Crippen LogP contribution in [0.2, 0.25) is 0 Å². The van der Waals surface area contributed by atoms with Crippen LogP contribution in [0.4, 0.5) is 0 Å². The molecule has 2 heterocycles. The van der Waals surface area contributed by atoms with Crippen LogP contribution in [0.25, 0.3) is 0 Å². The minimum absolute atomic E-state index is 0.204. The lowest BCUT2D eigenvalue weighted by Gasteiger charge is -2.50. The Balaban J connectivity index is 2.15. The molecule has 0 amide bonds. The Morgan fingerprint density at radius 2 is 2.24 bits per heavy atom.